The van der Waals surface area contributed by atoms with Crippen LogP contribution in [-0.4, -0.2) is 36.8 Å². The topological polar surface area (TPSA) is 70.5 Å². The van der Waals surface area contributed by atoms with Gasteiger partial charge in [0.1, 0.15) is 0 Å². The van der Waals surface area contributed by atoms with Crippen molar-refractivity contribution in [2.45, 2.75) is 31.0 Å². The van der Waals surface area contributed by atoms with Crippen LogP contribution >= 0.6 is 15.9 Å². The van der Waals surface area contributed by atoms with E-state index in [1.165, 1.54) is 0 Å². The van der Waals surface area contributed by atoms with Crippen molar-refractivity contribution in [3.63, 3.8) is 0 Å². The number of carbonyl (C=O) groups is 1. The van der Waals surface area contributed by atoms with E-state index in [1.807, 2.05) is 12.1 Å². The molecule has 0 amide bonds. The second kappa shape index (κ2) is 8.03. The molecule has 2 aromatic heterocycles. The second-order valence-electron chi connectivity index (χ2n) is 5.98. The van der Waals surface area contributed by atoms with Gasteiger partial charge in [-0.1, -0.05) is 15.9 Å². The van der Waals surface area contributed by atoms with Gasteiger partial charge < -0.3 is 14.2 Å². The summed E-state index contributed by atoms with van der Waals surface area (Å²) in [6.45, 7) is 2.14. The molecule has 1 saturated carbocycles. The lowest BCUT2D eigenvalue weighted by Gasteiger charge is -2.15. The number of esters is 1. The van der Waals surface area contributed by atoms with Crippen LogP contribution in [0.1, 0.15) is 47.3 Å². The molecule has 26 heavy (non-hydrogen) atoms. The lowest BCUT2D eigenvalue weighted by Crippen LogP contribution is -2.13. The van der Waals surface area contributed by atoms with Crippen LogP contribution in [-0.2, 0) is 10.1 Å². The summed E-state index contributed by atoms with van der Waals surface area (Å²) in [4.78, 5) is 21.4. The molecule has 2 heterocycles. The van der Waals surface area contributed by atoms with Crippen molar-refractivity contribution >= 4 is 21.9 Å². The maximum absolute atomic E-state index is 12.5. The van der Waals surface area contributed by atoms with Gasteiger partial charge in [0.05, 0.1) is 37.8 Å². The van der Waals surface area contributed by atoms with Gasteiger partial charge in [0.25, 0.3) is 5.88 Å². The maximum atomic E-state index is 12.5. The number of aromatic nitrogens is 2. The number of hydrogen-bond donors (Lipinski definition) is 0. The summed E-state index contributed by atoms with van der Waals surface area (Å²) in [7, 11) is 3.12. The first-order valence-corrected chi connectivity index (χ1v) is 9.60. The molecule has 6 nitrogen and oxygen atoms in total. The van der Waals surface area contributed by atoms with Gasteiger partial charge in [-0.25, -0.2) is 9.78 Å². The van der Waals surface area contributed by atoms with Crippen LogP contribution in [0.2, 0.25) is 0 Å². The molecule has 138 valence electrons. The minimum absolute atomic E-state index is 0.312. The molecular formula is C19H21BrN2O4. The van der Waals surface area contributed by atoms with Crippen LogP contribution in [0, 0.1) is 0 Å². The molecule has 0 spiro atoms. The largest absolute Gasteiger partial charge is 0.491 e. The Labute approximate surface area is 161 Å². The zero-order valence-corrected chi connectivity index (χ0v) is 16.6. The quantitative estimate of drug-likeness (QED) is 0.495. The van der Waals surface area contributed by atoms with E-state index in [1.54, 1.807) is 27.3 Å². The van der Waals surface area contributed by atoms with Crippen LogP contribution < -0.4 is 9.47 Å². The van der Waals surface area contributed by atoms with E-state index in [9.17, 15) is 4.79 Å². The summed E-state index contributed by atoms with van der Waals surface area (Å²) in [6, 6.07) is 3.81. The lowest BCUT2D eigenvalue weighted by molar-refractivity contribution is 0.0523. The SMILES string of the molecule is CCOC(=O)c1c(C2CC2)cc(-c2cnc(OC)c(OC)c2)nc1CBr. The molecular weight excluding hydrogens is 400 g/mol. The highest BCUT2D eigenvalue weighted by Gasteiger charge is 2.31. The number of carbonyl (C=O) groups excluding carboxylic acids is 1. The van der Waals surface area contributed by atoms with Crippen LogP contribution in [0.5, 0.6) is 11.6 Å². The summed E-state index contributed by atoms with van der Waals surface area (Å²) < 4.78 is 15.8. The summed E-state index contributed by atoms with van der Waals surface area (Å²) in [6.07, 6.45) is 3.84. The number of pyridine rings is 2. The summed E-state index contributed by atoms with van der Waals surface area (Å²) in [5.74, 6) is 1.02. The molecule has 1 aliphatic rings. The highest BCUT2D eigenvalue weighted by Crippen LogP contribution is 2.44. The molecule has 1 aliphatic carbocycles. The van der Waals surface area contributed by atoms with Gasteiger partial charge in [0.2, 0.25) is 0 Å². The van der Waals surface area contributed by atoms with Crippen LogP contribution in [0.3, 0.4) is 0 Å². The van der Waals surface area contributed by atoms with Crippen molar-refractivity contribution in [2.75, 3.05) is 20.8 Å². The van der Waals surface area contributed by atoms with Gasteiger partial charge in [0, 0.05) is 17.1 Å². The van der Waals surface area contributed by atoms with Crippen LogP contribution in [0.4, 0.5) is 0 Å². The molecule has 0 aliphatic heterocycles. The molecule has 1 fully saturated rings. The van der Waals surface area contributed by atoms with E-state index in [-0.39, 0.29) is 5.97 Å². The average molecular weight is 421 g/mol. The zero-order chi connectivity index (χ0) is 18.7. The standard InChI is InChI=1S/C19H21BrN2O4/c1-4-26-19(23)17-13(11-5-6-11)8-14(22-15(17)9-20)12-7-16(24-2)18(25-3)21-10-12/h7-8,10-11H,4-6,9H2,1-3H3. The van der Waals surface area contributed by atoms with Crippen LogP contribution in [0.15, 0.2) is 18.3 Å². The molecule has 3 rings (SSSR count). The first kappa shape index (κ1) is 18.6. The van der Waals surface area contributed by atoms with E-state index >= 15 is 0 Å². The first-order chi connectivity index (χ1) is 12.6. The highest BCUT2D eigenvalue weighted by atomic mass is 79.9. The summed E-state index contributed by atoms with van der Waals surface area (Å²) >= 11 is 3.46. The number of methoxy groups -OCH3 is 2. The van der Waals surface area contributed by atoms with E-state index in [0.717, 1.165) is 29.7 Å². The fourth-order valence-corrected chi connectivity index (χ4v) is 3.30. The van der Waals surface area contributed by atoms with Crippen molar-refractivity contribution in [1.82, 2.24) is 9.97 Å². The van der Waals surface area contributed by atoms with Gasteiger partial charge in [-0.3, -0.25) is 4.98 Å². The Kier molecular flexibility index (Phi) is 5.76. The first-order valence-electron chi connectivity index (χ1n) is 8.48. The Bertz CT molecular complexity index is 821. The van der Waals surface area contributed by atoms with Gasteiger partial charge >= 0.3 is 5.97 Å². The molecule has 0 atom stereocenters. The molecule has 0 radical (unpaired) electrons. The van der Waals surface area contributed by atoms with Crippen LogP contribution in [0.25, 0.3) is 11.3 Å². The Balaban J connectivity index is 2.12. The number of ether oxygens (including phenoxy) is 3. The third-order valence-electron chi connectivity index (χ3n) is 4.28. The Hall–Kier alpha value is -2.15. The Morgan fingerprint density at radius 3 is 2.62 bits per heavy atom. The third-order valence-corrected chi connectivity index (χ3v) is 4.81. The molecule has 0 N–H and O–H groups in total. The van der Waals surface area contributed by atoms with E-state index < -0.39 is 0 Å². The number of halogens is 1. The maximum Gasteiger partial charge on any atom is 0.340 e. The predicted octanol–water partition coefficient (Wildman–Crippen LogP) is 4.11. The second-order valence-corrected chi connectivity index (χ2v) is 6.54. The Morgan fingerprint density at radius 2 is 2.04 bits per heavy atom. The van der Waals surface area contributed by atoms with E-state index in [4.69, 9.17) is 14.2 Å². The molecule has 0 bridgehead atoms. The van der Waals surface area contributed by atoms with Crippen molar-refractivity contribution in [3.8, 4) is 22.9 Å². The van der Waals surface area contributed by atoms with Gasteiger partial charge in [-0.2, -0.15) is 0 Å². The average Bonchev–Trinajstić information content (AvgIpc) is 3.51. The lowest BCUT2D eigenvalue weighted by atomic mass is 9.99. The van der Waals surface area contributed by atoms with Crippen molar-refractivity contribution < 1.29 is 19.0 Å². The molecule has 0 unspecified atom stereocenters. The normalized spacial score (nSPS) is 13.4. The third kappa shape index (κ3) is 3.67. The molecule has 2 aromatic rings. The summed E-state index contributed by atoms with van der Waals surface area (Å²) in [5, 5.41) is 0.468. The van der Waals surface area contributed by atoms with Gasteiger partial charge in [0.15, 0.2) is 5.75 Å². The van der Waals surface area contributed by atoms with E-state index in [2.05, 4.69) is 25.9 Å². The number of alkyl halides is 1. The van der Waals surface area contributed by atoms with Crippen molar-refractivity contribution in [1.29, 1.82) is 0 Å². The minimum atomic E-state index is -0.312. The smallest absolute Gasteiger partial charge is 0.340 e. The monoisotopic (exact) mass is 420 g/mol. The number of hydrogen-bond acceptors (Lipinski definition) is 6. The molecule has 0 saturated heterocycles. The minimum Gasteiger partial charge on any atom is -0.491 e. The fourth-order valence-electron chi connectivity index (χ4n) is 2.89. The fraction of sp³-hybridized carbons (Fsp3) is 0.421. The number of nitrogens with zero attached hydrogens (tertiary/aromatic N) is 2. The predicted molar refractivity (Wildman–Crippen MR) is 101 cm³/mol. The van der Waals surface area contributed by atoms with E-state index in [0.29, 0.717) is 40.7 Å². The molecule has 0 aromatic carbocycles. The molecule has 7 heteroatoms. The van der Waals surface area contributed by atoms with Gasteiger partial charge in [-0.15, -0.1) is 0 Å². The Morgan fingerprint density at radius 1 is 1.27 bits per heavy atom. The van der Waals surface area contributed by atoms with Crippen molar-refractivity contribution in [3.05, 3.63) is 35.2 Å². The highest BCUT2D eigenvalue weighted by molar-refractivity contribution is 9.08. The summed E-state index contributed by atoms with van der Waals surface area (Å²) in [5.41, 5.74) is 3.82. The zero-order valence-electron chi connectivity index (χ0n) is 15.0. The number of rotatable bonds is 7. The van der Waals surface area contributed by atoms with Crippen molar-refractivity contribution in [2.24, 2.45) is 0 Å². The van der Waals surface area contributed by atoms with Gasteiger partial charge in [-0.05, 0) is 43.4 Å².